The van der Waals surface area contributed by atoms with E-state index in [4.69, 9.17) is 13.9 Å². The van der Waals surface area contributed by atoms with Crippen LogP contribution in [0, 0.1) is 12.7 Å². The van der Waals surface area contributed by atoms with Crippen molar-refractivity contribution in [1.29, 1.82) is 0 Å². The molecule has 6 nitrogen and oxygen atoms in total. The molecule has 3 aromatic rings. The van der Waals surface area contributed by atoms with E-state index in [-0.39, 0.29) is 24.2 Å². The van der Waals surface area contributed by atoms with Gasteiger partial charge in [-0.25, -0.2) is 9.37 Å². The van der Waals surface area contributed by atoms with Gasteiger partial charge in [-0.15, -0.1) is 0 Å². The van der Waals surface area contributed by atoms with Crippen LogP contribution in [0.3, 0.4) is 0 Å². The number of aryl methyl sites for hydroxylation is 2. The molecule has 0 spiro atoms. The lowest BCUT2D eigenvalue weighted by atomic mass is 10.1. The summed E-state index contributed by atoms with van der Waals surface area (Å²) in [5.74, 6) is -0.474. The number of carbonyl (C=O) groups excluding carboxylic acids is 2. The standard InChI is InChI=1S/C22H20FNO5/c1-14-3-5-15(6-4-14)20-12-24-21(29-20)9-10-22(26)28-13-18(25)17-11-16(23)7-8-19(17)27-2/h3-8,11-12H,9-10,13H2,1-2H3. The molecule has 0 fully saturated rings. The number of ether oxygens (including phenoxy) is 2. The fraction of sp³-hybridized carbons (Fsp3) is 0.227. The number of oxazole rings is 1. The van der Waals surface area contributed by atoms with Crippen LogP contribution in [0.15, 0.2) is 53.1 Å². The van der Waals surface area contributed by atoms with Gasteiger partial charge < -0.3 is 13.9 Å². The Kier molecular flexibility index (Phi) is 6.39. The van der Waals surface area contributed by atoms with E-state index in [1.165, 1.54) is 19.2 Å². The van der Waals surface area contributed by atoms with Crippen LogP contribution in [0.1, 0.15) is 28.2 Å². The van der Waals surface area contributed by atoms with Crippen molar-refractivity contribution in [2.45, 2.75) is 19.8 Å². The number of methoxy groups -OCH3 is 1. The molecular formula is C22H20FNO5. The Balaban J connectivity index is 1.51. The van der Waals surface area contributed by atoms with Crippen molar-refractivity contribution in [2.75, 3.05) is 13.7 Å². The summed E-state index contributed by atoms with van der Waals surface area (Å²) in [4.78, 5) is 28.3. The highest BCUT2D eigenvalue weighted by molar-refractivity contribution is 6.00. The Hall–Kier alpha value is -3.48. The second kappa shape index (κ2) is 9.14. The number of hydrogen-bond acceptors (Lipinski definition) is 6. The fourth-order valence-electron chi connectivity index (χ4n) is 2.68. The molecule has 0 aliphatic heterocycles. The minimum Gasteiger partial charge on any atom is -0.496 e. The summed E-state index contributed by atoms with van der Waals surface area (Å²) < 4.78 is 29.0. The van der Waals surface area contributed by atoms with Crippen molar-refractivity contribution in [3.8, 4) is 17.1 Å². The Bertz CT molecular complexity index is 1010. The minimum absolute atomic E-state index is 0.00141. The third-order valence-electron chi connectivity index (χ3n) is 4.26. The van der Waals surface area contributed by atoms with Crippen LogP contribution in [0.25, 0.3) is 11.3 Å². The number of halogens is 1. The number of esters is 1. The van der Waals surface area contributed by atoms with E-state index in [0.29, 0.717) is 11.7 Å². The normalized spacial score (nSPS) is 10.6. The van der Waals surface area contributed by atoms with Gasteiger partial charge in [0.15, 0.2) is 18.3 Å². The number of aromatic nitrogens is 1. The van der Waals surface area contributed by atoms with Crippen LogP contribution in [-0.2, 0) is 16.0 Å². The Morgan fingerprint density at radius 3 is 2.62 bits per heavy atom. The number of rotatable bonds is 8. The highest BCUT2D eigenvalue weighted by Gasteiger charge is 2.16. The topological polar surface area (TPSA) is 78.6 Å². The van der Waals surface area contributed by atoms with Gasteiger partial charge in [-0.1, -0.05) is 29.8 Å². The summed E-state index contributed by atoms with van der Waals surface area (Å²) in [6.07, 6.45) is 1.84. The summed E-state index contributed by atoms with van der Waals surface area (Å²) in [6.45, 7) is 1.50. The first kappa shape index (κ1) is 20.3. The number of carbonyl (C=O) groups is 2. The van der Waals surface area contributed by atoms with Crippen molar-refractivity contribution in [1.82, 2.24) is 4.98 Å². The van der Waals surface area contributed by atoms with Crippen molar-refractivity contribution in [2.24, 2.45) is 0 Å². The molecule has 0 radical (unpaired) electrons. The molecule has 0 saturated heterocycles. The molecule has 7 heteroatoms. The molecule has 2 aromatic carbocycles. The summed E-state index contributed by atoms with van der Waals surface area (Å²) in [5.41, 5.74) is 2.06. The monoisotopic (exact) mass is 397 g/mol. The molecule has 29 heavy (non-hydrogen) atoms. The lowest BCUT2D eigenvalue weighted by Crippen LogP contribution is -2.15. The smallest absolute Gasteiger partial charge is 0.306 e. The molecule has 1 aromatic heterocycles. The number of hydrogen-bond donors (Lipinski definition) is 0. The maximum absolute atomic E-state index is 13.4. The molecule has 0 unspecified atom stereocenters. The maximum atomic E-state index is 13.4. The Labute approximate surface area is 167 Å². The molecule has 0 N–H and O–H groups in total. The summed E-state index contributed by atoms with van der Waals surface area (Å²) in [5, 5.41) is 0. The van der Waals surface area contributed by atoms with E-state index in [1.54, 1.807) is 6.20 Å². The van der Waals surface area contributed by atoms with Crippen LogP contribution in [0.2, 0.25) is 0 Å². The van der Waals surface area contributed by atoms with Gasteiger partial charge in [-0.05, 0) is 25.1 Å². The second-order valence-electron chi connectivity index (χ2n) is 6.41. The van der Waals surface area contributed by atoms with Gasteiger partial charge in [0.25, 0.3) is 0 Å². The van der Waals surface area contributed by atoms with E-state index in [1.807, 2.05) is 31.2 Å². The van der Waals surface area contributed by atoms with Crippen LogP contribution < -0.4 is 4.74 Å². The Morgan fingerprint density at radius 2 is 1.90 bits per heavy atom. The molecule has 0 aliphatic rings. The zero-order valence-corrected chi connectivity index (χ0v) is 16.1. The first-order valence-corrected chi connectivity index (χ1v) is 9.00. The van der Waals surface area contributed by atoms with Gasteiger partial charge in [-0.2, -0.15) is 0 Å². The number of Topliss-reactive ketones (excluding diaryl/α,β-unsaturated/α-hetero) is 1. The molecule has 0 atom stereocenters. The van der Waals surface area contributed by atoms with Crippen LogP contribution in [0.4, 0.5) is 4.39 Å². The average molecular weight is 397 g/mol. The lowest BCUT2D eigenvalue weighted by molar-refractivity contribution is -0.142. The number of nitrogens with zero attached hydrogens (tertiary/aromatic N) is 1. The van der Waals surface area contributed by atoms with Crippen molar-refractivity contribution in [3.05, 3.63) is 71.5 Å². The molecule has 1 heterocycles. The summed E-state index contributed by atoms with van der Waals surface area (Å²) >= 11 is 0. The predicted octanol–water partition coefficient (Wildman–Crippen LogP) is 4.16. The molecule has 0 saturated carbocycles. The molecule has 150 valence electrons. The zero-order chi connectivity index (χ0) is 20.8. The van der Waals surface area contributed by atoms with Crippen LogP contribution in [0.5, 0.6) is 5.75 Å². The van der Waals surface area contributed by atoms with Crippen molar-refractivity contribution >= 4 is 11.8 Å². The van der Waals surface area contributed by atoms with Gasteiger partial charge in [0.05, 0.1) is 25.3 Å². The molecule has 0 bridgehead atoms. The molecule has 0 amide bonds. The number of benzene rings is 2. The van der Waals surface area contributed by atoms with Crippen LogP contribution in [-0.4, -0.2) is 30.5 Å². The van der Waals surface area contributed by atoms with Gasteiger partial charge in [-0.3, -0.25) is 9.59 Å². The third kappa shape index (κ3) is 5.28. The van der Waals surface area contributed by atoms with E-state index < -0.39 is 24.2 Å². The fourth-order valence-corrected chi connectivity index (χ4v) is 2.68. The SMILES string of the molecule is COc1ccc(F)cc1C(=O)COC(=O)CCc1ncc(-c2ccc(C)cc2)o1. The van der Waals surface area contributed by atoms with Gasteiger partial charge in [0.1, 0.15) is 11.6 Å². The van der Waals surface area contributed by atoms with Crippen LogP contribution >= 0.6 is 0 Å². The average Bonchev–Trinajstić information content (AvgIpc) is 3.20. The van der Waals surface area contributed by atoms with Crippen molar-refractivity contribution < 1.29 is 27.9 Å². The molecule has 3 rings (SSSR count). The molecule has 0 aliphatic carbocycles. The quantitative estimate of drug-likeness (QED) is 0.420. The summed E-state index contributed by atoms with van der Waals surface area (Å²) in [7, 11) is 1.37. The van der Waals surface area contributed by atoms with E-state index in [2.05, 4.69) is 4.98 Å². The summed E-state index contributed by atoms with van der Waals surface area (Å²) in [6, 6.07) is 11.4. The third-order valence-corrected chi connectivity index (χ3v) is 4.26. The minimum atomic E-state index is -0.580. The first-order valence-electron chi connectivity index (χ1n) is 9.00. The lowest BCUT2D eigenvalue weighted by Gasteiger charge is -2.08. The van der Waals surface area contributed by atoms with E-state index in [9.17, 15) is 14.0 Å². The largest absolute Gasteiger partial charge is 0.496 e. The van der Waals surface area contributed by atoms with Gasteiger partial charge in [0, 0.05) is 12.0 Å². The van der Waals surface area contributed by atoms with Gasteiger partial charge in [0.2, 0.25) is 5.78 Å². The van der Waals surface area contributed by atoms with E-state index in [0.717, 1.165) is 17.2 Å². The highest BCUT2D eigenvalue weighted by Crippen LogP contribution is 2.22. The second-order valence-corrected chi connectivity index (χ2v) is 6.41. The zero-order valence-electron chi connectivity index (χ0n) is 16.1. The Morgan fingerprint density at radius 1 is 1.14 bits per heavy atom. The predicted molar refractivity (Wildman–Crippen MR) is 103 cm³/mol. The van der Waals surface area contributed by atoms with E-state index >= 15 is 0 Å². The highest BCUT2D eigenvalue weighted by atomic mass is 19.1. The van der Waals surface area contributed by atoms with Gasteiger partial charge >= 0.3 is 5.97 Å². The van der Waals surface area contributed by atoms with Crippen molar-refractivity contribution in [3.63, 3.8) is 0 Å². The first-order chi connectivity index (χ1) is 14.0. The maximum Gasteiger partial charge on any atom is 0.306 e. The molecular weight excluding hydrogens is 377 g/mol. The number of ketones is 1.